The van der Waals surface area contributed by atoms with Crippen molar-refractivity contribution in [2.75, 3.05) is 5.32 Å². The van der Waals surface area contributed by atoms with Gasteiger partial charge in [0.05, 0.1) is 12.0 Å². The van der Waals surface area contributed by atoms with Gasteiger partial charge in [0.15, 0.2) is 0 Å². The molecule has 2 nitrogen and oxygen atoms in total. The minimum atomic E-state index is 0.718. The average molecular weight is 231 g/mol. The van der Waals surface area contributed by atoms with Crippen LogP contribution in [-0.2, 0) is 0 Å². The predicted molar refractivity (Wildman–Crippen MR) is 69.7 cm³/mol. The Morgan fingerprint density at radius 2 is 1.62 bits per heavy atom. The van der Waals surface area contributed by atoms with Crippen LogP contribution in [0.3, 0.4) is 0 Å². The minimum Gasteiger partial charge on any atom is -0.346 e. The summed E-state index contributed by atoms with van der Waals surface area (Å²) in [7, 11) is 0. The van der Waals surface area contributed by atoms with Crippen LogP contribution in [0.2, 0.25) is 5.02 Å². The maximum Gasteiger partial charge on any atom is 0.0930 e. The Morgan fingerprint density at radius 1 is 0.938 bits per heavy atom. The Hall–Kier alpha value is -1.80. The normalized spacial score (nSPS) is 10.6. The van der Waals surface area contributed by atoms with E-state index < -0.39 is 0 Å². The molecular formula is C13H11ClN2. The Bertz CT molecular complexity index is 463. The third-order valence-electron chi connectivity index (χ3n) is 2.05. The lowest BCUT2D eigenvalue weighted by Crippen LogP contribution is -1.92. The summed E-state index contributed by atoms with van der Waals surface area (Å²) in [6.45, 7) is 0. The van der Waals surface area contributed by atoms with Crippen molar-refractivity contribution in [1.82, 2.24) is 0 Å². The molecule has 2 aromatic rings. The van der Waals surface area contributed by atoms with E-state index in [1.807, 2.05) is 54.6 Å². The van der Waals surface area contributed by atoms with Gasteiger partial charge in [-0.15, -0.1) is 0 Å². The van der Waals surface area contributed by atoms with Crippen molar-refractivity contribution < 1.29 is 0 Å². The van der Waals surface area contributed by atoms with Crippen LogP contribution in [-0.4, -0.2) is 6.34 Å². The highest BCUT2D eigenvalue weighted by Crippen LogP contribution is 2.15. The Morgan fingerprint density at radius 3 is 2.31 bits per heavy atom. The summed E-state index contributed by atoms with van der Waals surface area (Å²) < 4.78 is 0. The third kappa shape index (κ3) is 3.11. The molecule has 0 aliphatic heterocycles. The molecule has 3 heteroatoms. The fraction of sp³-hybridized carbons (Fsp3) is 0. The lowest BCUT2D eigenvalue weighted by Gasteiger charge is -1.98. The first-order chi connectivity index (χ1) is 7.84. The zero-order chi connectivity index (χ0) is 11.2. The predicted octanol–water partition coefficient (Wildman–Crippen LogP) is 4.11. The van der Waals surface area contributed by atoms with Crippen LogP contribution >= 0.6 is 11.6 Å². The molecule has 0 bridgehead atoms. The molecule has 0 atom stereocenters. The van der Waals surface area contributed by atoms with Crippen LogP contribution in [0.4, 0.5) is 11.4 Å². The summed E-state index contributed by atoms with van der Waals surface area (Å²) in [6.07, 6.45) is 1.67. The fourth-order valence-corrected chi connectivity index (χ4v) is 1.37. The number of hydrogen-bond acceptors (Lipinski definition) is 1. The molecule has 0 unspecified atom stereocenters. The van der Waals surface area contributed by atoms with Crippen molar-refractivity contribution in [3.8, 4) is 0 Å². The van der Waals surface area contributed by atoms with Crippen LogP contribution in [0, 0.1) is 0 Å². The Kier molecular flexibility index (Phi) is 3.57. The van der Waals surface area contributed by atoms with Crippen LogP contribution in [0.1, 0.15) is 0 Å². The van der Waals surface area contributed by atoms with E-state index >= 15 is 0 Å². The molecule has 2 aromatic carbocycles. The molecule has 80 valence electrons. The molecule has 2 rings (SSSR count). The van der Waals surface area contributed by atoms with Gasteiger partial charge in [0, 0.05) is 10.7 Å². The van der Waals surface area contributed by atoms with Gasteiger partial charge in [0.1, 0.15) is 0 Å². The molecule has 0 heterocycles. The summed E-state index contributed by atoms with van der Waals surface area (Å²) in [5, 5.41) is 3.80. The number of halogens is 1. The fourth-order valence-electron chi connectivity index (χ4n) is 1.24. The van der Waals surface area contributed by atoms with E-state index in [1.165, 1.54) is 0 Å². The molecule has 0 radical (unpaired) electrons. The van der Waals surface area contributed by atoms with E-state index in [0.717, 1.165) is 16.4 Å². The maximum atomic E-state index is 5.77. The molecule has 0 saturated carbocycles. The first-order valence-corrected chi connectivity index (χ1v) is 5.32. The zero-order valence-corrected chi connectivity index (χ0v) is 9.35. The monoisotopic (exact) mass is 230 g/mol. The van der Waals surface area contributed by atoms with Crippen LogP contribution in [0.25, 0.3) is 0 Å². The summed E-state index contributed by atoms with van der Waals surface area (Å²) in [5.41, 5.74) is 1.88. The van der Waals surface area contributed by atoms with Gasteiger partial charge >= 0.3 is 0 Å². The molecular weight excluding hydrogens is 220 g/mol. The summed E-state index contributed by atoms with van der Waals surface area (Å²) >= 11 is 5.77. The van der Waals surface area contributed by atoms with Crippen molar-refractivity contribution in [3.05, 3.63) is 59.6 Å². The number of benzene rings is 2. The van der Waals surface area contributed by atoms with Crippen molar-refractivity contribution in [3.63, 3.8) is 0 Å². The first kappa shape index (κ1) is 10.7. The second-order valence-electron chi connectivity index (χ2n) is 3.24. The number of nitrogens with one attached hydrogen (secondary N) is 1. The Balaban J connectivity index is 1.98. The van der Waals surface area contributed by atoms with Gasteiger partial charge in [-0.3, -0.25) is 0 Å². The number of aliphatic imine (C=N–C) groups is 1. The molecule has 0 aromatic heterocycles. The van der Waals surface area contributed by atoms with Crippen molar-refractivity contribution in [2.45, 2.75) is 0 Å². The Labute approximate surface area is 99.6 Å². The van der Waals surface area contributed by atoms with E-state index in [-0.39, 0.29) is 0 Å². The van der Waals surface area contributed by atoms with Crippen LogP contribution in [0.15, 0.2) is 59.6 Å². The molecule has 0 aliphatic rings. The SMILES string of the molecule is Clc1ccc(N=CNc2ccccc2)cc1. The maximum absolute atomic E-state index is 5.77. The number of anilines is 1. The standard InChI is InChI=1S/C13H11ClN2/c14-11-6-8-13(9-7-11)16-10-15-12-4-2-1-3-5-12/h1-10H,(H,15,16). The molecule has 16 heavy (non-hydrogen) atoms. The van der Waals surface area contributed by atoms with Crippen LogP contribution in [0.5, 0.6) is 0 Å². The molecule has 1 N–H and O–H groups in total. The van der Waals surface area contributed by atoms with Gasteiger partial charge in [-0.05, 0) is 36.4 Å². The number of hydrogen-bond donors (Lipinski definition) is 1. The molecule has 0 amide bonds. The zero-order valence-electron chi connectivity index (χ0n) is 8.60. The molecule has 0 saturated heterocycles. The molecule has 0 aliphatic carbocycles. The van der Waals surface area contributed by atoms with Gasteiger partial charge in [-0.25, -0.2) is 4.99 Å². The third-order valence-corrected chi connectivity index (χ3v) is 2.30. The highest BCUT2D eigenvalue weighted by atomic mass is 35.5. The quantitative estimate of drug-likeness (QED) is 0.623. The van der Waals surface area contributed by atoms with E-state index in [2.05, 4.69) is 10.3 Å². The lowest BCUT2D eigenvalue weighted by molar-refractivity contribution is 1.52. The summed E-state index contributed by atoms with van der Waals surface area (Å²) in [4.78, 5) is 4.25. The second kappa shape index (κ2) is 5.33. The summed E-state index contributed by atoms with van der Waals surface area (Å²) in [6, 6.07) is 17.2. The van der Waals surface area contributed by atoms with Crippen LogP contribution < -0.4 is 5.32 Å². The van der Waals surface area contributed by atoms with Gasteiger partial charge in [0.2, 0.25) is 0 Å². The number of rotatable bonds is 3. The molecule has 0 spiro atoms. The molecule has 0 fully saturated rings. The smallest absolute Gasteiger partial charge is 0.0930 e. The van der Waals surface area contributed by atoms with Gasteiger partial charge in [0.25, 0.3) is 0 Å². The second-order valence-corrected chi connectivity index (χ2v) is 3.68. The van der Waals surface area contributed by atoms with E-state index in [1.54, 1.807) is 6.34 Å². The minimum absolute atomic E-state index is 0.718. The average Bonchev–Trinajstić information content (AvgIpc) is 2.33. The lowest BCUT2D eigenvalue weighted by atomic mass is 10.3. The van der Waals surface area contributed by atoms with Crippen molar-refractivity contribution >= 4 is 29.3 Å². The van der Waals surface area contributed by atoms with E-state index in [0.29, 0.717) is 0 Å². The topological polar surface area (TPSA) is 24.4 Å². The van der Waals surface area contributed by atoms with Crippen molar-refractivity contribution in [1.29, 1.82) is 0 Å². The first-order valence-electron chi connectivity index (χ1n) is 4.94. The van der Waals surface area contributed by atoms with E-state index in [9.17, 15) is 0 Å². The van der Waals surface area contributed by atoms with Gasteiger partial charge < -0.3 is 5.32 Å². The number of nitrogens with zero attached hydrogens (tertiary/aromatic N) is 1. The van der Waals surface area contributed by atoms with Crippen molar-refractivity contribution in [2.24, 2.45) is 4.99 Å². The summed E-state index contributed by atoms with van der Waals surface area (Å²) in [5.74, 6) is 0. The number of para-hydroxylation sites is 1. The largest absolute Gasteiger partial charge is 0.346 e. The highest BCUT2D eigenvalue weighted by molar-refractivity contribution is 6.30. The van der Waals surface area contributed by atoms with E-state index in [4.69, 9.17) is 11.6 Å². The van der Waals surface area contributed by atoms with Gasteiger partial charge in [-0.2, -0.15) is 0 Å². The highest BCUT2D eigenvalue weighted by Gasteiger charge is 1.88. The van der Waals surface area contributed by atoms with Gasteiger partial charge in [-0.1, -0.05) is 29.8 Å².